The van der Waals surface area contributed by atoms with Crippen molar-refractivity contribution in [1.29, 1.82) is 0 Å². The van der Waals surface area contributed by atoms with Crippen LogP contribution < -0.4 is 5.11 Å². The molecule has 0 aliphatic heterocycles. The number of carbonyl (C=O) groups excluding carboxylic acids is 1. The summed E-state index contributed by atoms with van der Waals surface area (Å²) in [5.41, 5.74) is 0.506. The number of aldehydes is 1. The Morgan fingerprint density at radius 2 is 2.20 bits per heavy atom. The summed E-state index contributed by atoms with van der Waals surface area (Å²) in [5.74, 6) is -0.106. The fraction of sp³-hybridized carbons (Fsp3) is 0. The average Bonchev–Trinajstić information content (AvgIpc) is 1.95. The summed E-state index contributed by atoms with van der Waals surface area (Å²) in [4.78, 5) is 10.1. The van der Waals surface area contributed by atoms with Gasteiger partial charge in [0.1, 0.15) is 6.29 Å². The minimum atomic E-state index is -0.106. The topological polar surface area (TPSA) is 40.1 Å². The summed E-state index contributed by atoms with van der Waals surface area (Å²) in [6.45, 7) is 0. The van der Waals surface area contributed by atoms with Crippen molar-refractivity contribution in [3.8, 4) is 5.75 Å². The van der Waals surface area contributed by atoms with Crippen molar-refractivity contribution in [2.75, 3.05) is 0 Å². The molecule has 0 fully saturated rings. The number of carbonyl (C=O) groups is 1. The van der Waals surface area contributed by atoms with Crippen LogP contribution in [-0.2, 0) is 0 Å². The molecular formula is C7H4BrO2-. The minimum Gasteiger partial charge on any atom is -0.872 e. The normalized spacial score (nSPS) is 9.30. The van der Waals surface area contributed by atoms with E-state index in [1.54, 1.807) is 0 Å². The van der Waals surface area contributed by atoms with Crippen molar-refractivity contribution in [3.63, 3.8) is 0 Å². The molecule has 10 heavy (non-hydrogen) atoms. The van der Waals surface area contributed by atoms with Crippen molar-refractivity contribution in [3.05, 3.63) is 28.2 Å². The van der Waals surface area contributed by atoms with Gasteiger partial charge in [-0.15, -0.1) is 0 Å². The molecule has 1 rings (SSSR count). The van der Waals surface area contributed by atoms with Crippen LogP contribution in [0.1, 0.15) is 10.4 Å². The van der Waals surface area contributed by atoms with Crippen LogP contribution in [0.3, 0.4) is 0 Å². The molecule has 0 heterocycles. The van der Waals surface area contributed by atoms with Crippen molar-refractivity contribution in [2.24, 2.45) is 0 Å². The molecule has 0 N–H and O–H groups in total. The molecule has 3 heteroatoms. The third-order valence-electron chi connectivity index (χ3n) is 1.09. The Labute approximate surface area is 66.6 Å². The molecule has 0 bridgehead atoms. The van der Waals surface area contributed by atoms with Crippen molar-refractivity contribution in [2.45, 2.75) is 0 Å². The van der Waals surface area contributed by atoms with Crippen LogP contribution in [0.15, 0.2) is 22.7 Å². The van der Waals surface area contributed by atoms with Gasteiger partial charge in [-0.25, -0.2) is 0 Å². The Bertz CT molecular complexity index is 258. The van der Waals surface area contributed by atoms with Crippen LogP contribution in [-0.4, -0.2) is 6.29 Å². The molecule has 0 saturated carbocycles. The van der Waals surface area contributed by atoms with Crippen LogP contribution in [0.25, 0.3) is 0 Å². The Hall–Kier alpha value is -0.830. The van der Waals surface area contributed by atoms with E-state index in [0.29, 0.717) is 16.3 Å². The number of rotatable bonds is 1. The molecule has 0 aliphatic carbocycles. The molecule has 0 aromatic heterocycles. The SMILES string of the molecule is O=Cc1ccc([O-])c(Br)c1. The van der Waals surface area contributed by atoms with Gasteiger partial charge in [0.25, 0.3) is 0 Å². The molecule has 0 atom stereocenters. The monoisotopic (exact) mass is 199 g/mol. The maximum absolute atomic E-state index is 10.7. The van der Waals surface area contributed by atoms with E-state index in [0.717, 1.165) is 0 Å². The Morgan fingerprint density at radius 3 is 2.70 bits per heavy atom. The van der Waals surface area contributed by atoms with E-state index in [9.17, 15) is 9.90 Å². The first-order valence-corrected chi connectivity index (χ1v) is 3.45. The van der Waals surface area contributed by atoms with Gasteiger partial charge in [-0.05, 0) is 6.07 Å². The summed E-state index contributed by atoms with van der Waals surface area (Å²) in [7, 11) is 0. The molecule has 52 valence electrons. The lowest BCUT2D eigenvalue weighted by Gasteiger charge is -2.06. The van der Waals surface area contributed by atoms with Gasteiger partial charge in [0.05, 0.1) is 0 Å². The van der Waals surface area contributed by atoms with Crippen LogP contribution in [0, 0.1) is 0 Å². The summed E-state index contributed by atoms with van der Waals surface area (Å²) >= 11 is 3.02. The van der Waals surface area contributed by atoms with Crippen molar-refractivity contribution >= 4 is 22.2 Å². The van der Waals surface area contributed by atoms with E-state index in [-0.39, 0.29) is 5.75 Å². The van der Waals surface area contributed by atoms with E-state index in [2.05, 4.69) is 15.9 Å². The zero-order valence-corrected chi connectivity index (χ0v) is 6.59. The van der Waals surface area contributed by atoms with Crippen molar-refractivity contribution in [1.82, 2.24) is 0 Å². The highest BCUT2D eigenvalue weighted by Gasteiger charge is 1.90. The molecule has 0 amide bonds. The molecule has 0 aliphatic rings. The molecular weight excluding hydrogens is 196 g/mol. The van der Waals surface area contributed by atoms with E-state index < -0.39 is 0 Å². The van der Waals surface area contributed by atoms with E-state index in [1.165, 1.54) is 18.2 Å². The summed E-state index contributed by atoms with van der Waals surface area (Å²) < 4.78 is 0.428. The molecule has 0 radical (unpaired) electrons. The van der Waals surface area contributed by atoms with Crippen LogP contribution in [0.4, 0.5) is 0 Å². The van der Waals surface area contributed by atoms with Gasteiger partial charge in [-0.3, -0.25) is 4.79 Å². The number of hydrogen-bond acceptors (Lipinski definition) is 2. The second-order valence-corrected chi connectivity index (χ2v) is 2.66. The molecule has 0 saturated heterocycles. The smallest absolute Gasteiger partial charge is 0.150 e. The highest BCUT2D eigenvalue weighted by Crippen LogP contribution is 2.20. The van der Waals surface area contributed by atoms with Gasteiger partial charge in [-0.1, -0.05) is 33.8 Å². The highest BCUT2D eigenvalue weighted by molar-refractivity contribution is 9.10. The zero-order chi connectivity index (χ0) is 7.56. The molecule has 0 unspecified atom stereocenters. The highest BCUT2D eigenvalue weighted by atomic mass is 79.9. The van der Waals surface area contributed by atoms with Crippen LogP contribution in [0.2, 0.25) is 0 Å². The summed E-state index contributed by atoms with van der Waals surface area (Å²) in [5, 5.41) is 10.7. The third-order valence-corrected chi connectivity index (χ3v) is 1.71. The van der Waals surface area contributed by atoms with Gasteiger partial charge in [0.2, 0.25) is 0 Å². The van der Waals surface area contributed by atoms with Gasteiger partial charge in [0.15, 0.2) is 0 Å². The molecule has 1 aromatic carbocycles. The first-order valence-electron chi connectivity index (χ1n) is 2.66. The first-order chi connectivity index (χ1) is 4.74. The molecule has 1 aromatic rings. The second-order valence-electron chi connectivity index (χ2n) is 1.81. The van der Waals surface area contributed by atoms with Gasteiger partial charge < -0.3 is 5.11 Å². The lowest BCUT2D eigenvalue weighted by Crippen LogP contribution is -1.91. The van der Waals surface area contributed by atoms with Gasteiger partial charge >= 0.3 is 0 Å². The number of benzene rings is 1. The standard InChI is InChI=1S/C7H5BrO2/c8-6-3-5(4-9)1-2-7(6)10/h1-4,10H/p-1. The van der Waals surface area contributed by atoms with Crippen molar-refractivity contribution < 1.29 is 9.90 Å². The summed E-state index contributed by atoms with van der Waals surface area (Å²) in [6.07, 6.45) is 0.699. The van der Waals surface area contributed by atoms with Gasteiger partial charge in [0, 0.05) is 10.0 Å². The maximum Gasteiger partial charge on any atom is 0.150 e. The fourth-order valence-electron chi connectivity index (χ4n) is 0.590. The molecule has 2 nitrogen and oxygen atoms in total. The fourth-order valence-corrected chi connectivity index (χ4v) is 0.987. The number of halogens is 1. The molecule has 0 spiro atoms. The van der Waals surface area contributed by atoms with Gasteiger partial charge in [-0.2, -0.15) is 0 Å². The zero-order valence-electron chi connectivity index (χ0n) is 5.00. The summed E-state index contributed by atoms with van der Waals surface area (Å²) in [6, 6.07) is 4.34. The quantitative estimate of drug-likeness (QED) is 0.641. The Balaban J connectivity index is 3.16. The third kappa shape index (κ3) is 1.36. The van der Waals surface area contributed by atoms with E-state index >= 15 is 0 Å². The number of hydrogen-bond donors (Lipinski definition) is 0. The Morgan fingerprint density at radius 1 is 1.50 bits per heavy atom. The van der Waals surface area contributed by atoms with E-state index in [4.69, 9.17) is 0 Å². The lowest BCUT2D eigenvalue weighted by molar-refractivity contribution is -0.269. The maximum atomic E-state index is 10.7. The largest absolute Gasteiger partial charge is 0.872 e. The average molecular weight is 200 g/mol. The lowest BCUT2D eigenvalue weighted by atomic mass is 10.2. The van der Waals surface area contributed by atoms with Crippen LogP contribution in [0.5, 0.6) is 5.75 Å². The van der Waals surface area contributed by atoms with E-state index in [1.807, 2.05) is 0 Å². The predicted molar refractivity (Wildman–Crippen MR) is 39.0 cm³/mol. The minimum absolute atomic E-state index is 0.106. The Kier molecular flexibility index (Phi) is 2.06. The second kappa shape index (κ2) is 2.84. The van der Waals surface area contributed by atoms with Crippen LogP contribution >= 0.6 is 15.9 Å². The predicted octanol–water partition coefficient (Wildman–Crippen LogP) is 1.34. The first kappa shape index (κ1) is 7.28.